The molecule has 5 heteroatoms. The van der Waals surface area contributed by atoms with Crippen LogP contribution in [0.4, 0.5) is 0 Å². The Morgan fingerprint density at radius 1 is 1.33 bits per heavy atom. The molecule has 3 rings (SSSR count). The van der Waals surface area contributed by atoms with E-state index in [0.717, 1.165) is 30.2 Å². The van der Waals surface area contributed by atoms with Crippen LogP contribution in [-0.4, -0.2) is 20.0 Å². The summed E-state index contributed by atoms with van der Waals surface area (Å²) in [7, 11) is 0. The van der Waals surface area contributed by atoms with Crippen LogP contribution < -0.4 is 5.32 Å². The standard InChI is InChI=1S/C10H13N5/c1-6-10(5-12-13-6)15-7(2)8-3-11-4-9(8)14-15/h5,11H,3-4H2,1-2H3,(H,12,13). The van der Waals surface area contributed by atoms with Crippen molar-refractivity contribution in [2.75, 3.05) is 0 Å². The average molecular weight is 203 g/mol. The van der Waals surface area contributed by atoms with E-state index in [1.54, 1.807) is 0 Å². The summed E-state index contributed by atoms with van der Waals surface area (Å²) in [6.45, 7) is 5.91. The maximum atomic E-state index is 4.59. The van der Waals surface area contributed by atoms with E-state index in [-0.39, 0.29) is 0 Å². The first-order valence-corrected chi connectivity index (χ1v) is 5.06. The number of H-pyrrole nitrogens is 1. The summed E-state index contributed by atoms with van der Waals surface area (Å²) in [5, 5.41) is 14.8. The average Bonchev–Trinajstić information content (AvgIpc) is 2.85. The first kappa shape index (κ1) is 8.67. The topological polar surface area (TPSA) is 58.5 Å². The highest BCUT2D eigenvalue weighted by molar-refractivity contribution is 5.39. The highest BCUT2D eigenvalue weighted by Gasteiger charge is 2.20. The number of hydrogen-bond acceptors (Lipinski definition) is 3. The quantitative estimate of drug-likeness (QED) is 0.721. The van der Waals surface area contributed by atoms with Crippen LogP contribution in [0.3, 0.4) is 0 Å². The lowest BCUT2D eigenvalue weighted by molar-refractivity contribution is 0.710. The van der Waals surface area contributed by atoms with E-state index in [0.29, 0.717) is 0 Å². The maximum Gasteiger partial charge on any atom is 0.105 e. The second-order valence-electron chi connectivity index (χ2n) is 3.91. The minimum absolute atomic E-state index is 0.875. The zero-order valence-electron chi connectivity index (χ0n) is 8.83. The highest BCUT2D eigenvalue weighted by atomic mass is 15.3. The van der Waals surface area contributed by atoms with E-state index in [4.69, 9.17) is 0 Å². The molecular formula is C10H13N5. The Morgan fingerprint density at radius 2 is 2.20 bits per heavy atom. The van der Waals surface area contributed by atoms with Gasteiger partial charge in [0.2, 0.25) is 0 Å². The second kappa shape index (κ2) is 2.93. The molecule has 0 unspecified atom stereocenters. The van der Waals surface area contributed by atoms with Crippen LogP contribution >= 0.6 is 0 Å². The van der Waals surface area contributed by atoms with Gasteiger partial charge in [0, 0.05) is 24.3 Å². The van der Waals surface area contributed by atoms with E-state index in [2.05, 4.69) is 27.5 Å². The Hall–Kier alpha value is -1.62. The van der Waals surface area contributed by atoms with Crippen LogP contribution in [0.2, 0.25) is 0 Å². The highest BCUT2D eigenvalue weighted by Crippen LogP contribution is 2.22. The Bertz CT molecular complexity index is 508. The molecule has 2 aromatic heterocycles. The van der Waals surface area contributed by atoms with Crippen molar-refractivity contribution in [2.24, 2.45) is 0 Å². The molecule has 0 fully saturated rings. The molecule has 1 aliphatic rings. The molecule has 3 heterocycles. The van der Waals surface area contributed by atoms with Gasteiger partial charge in [-0.25, -0.2) is 4.68 Å². The van der Waals surface area contributed by atoms with Gasteiger partial charge in [0.05, 0.1) is 17.6 Å². The van der Waals surface area contributed by atoms with Gasteiger partial charge in [-0.3, -0.25) is 5.10 Å². The normalized spacial score (nSPS) is 14.5. The fourth-order valence-corrected chi connectivity index (χ4v) is 2.06. The van der Waals surface area contributed by atoms with Crippen molar-refractivity contribution in [1.29, 1.82) is 0 Å². The Labute approximate surface area is 87.5 Å². The summed E-state index contributed by atoms with van der Waals surface area (Å²) in [6, 6.07) is 0. The number of nitrogens with zero attached hydrogens (tertiary/aromatic N) is 3. The minimum Gasteiger partial charge on any atom is -0.307 e. The van der Waals surface area contributed by atoms with E-state index in [1.807, 2.05) is 17.8 Å². The zero-order valence-corrected chi connectivity index (χ0v) is 8.83. The maximum absolute atomic E-state index is 4.59. The molecule has 0 radical (unpaired) electrons. The molecule has 2 aromatic rings. The molecule has 1 aliphatic heterocycles. The van der Waals surface area contributed by atoms with Crippen molar-refractivity contribution >= 4 is 0 Å². The van der Waals surface area contributed by atoms with Crippen LogP contribution in [-0.2, 0) is 13.1 Å². The van der Waals surface area contributed by atoms with E-state index in [9.17, 15) is 0 Å². The van der Waals surface area contributed by atoms with Crippen LogP contribution in [0, 0.1) is 13.8 Å². The molecule has 0 atom stereocenters. The third-order valence-electron chi connectivity index (χ3n) is 2.95. The minimum atomic E-state index is 0.875. The monoisotopic (exact) mass is 203 g/mol. The van der Waals surface area contributed by atoms with Gasteiger partial charge in [-0.15, -0.1) is 0 Å². The van der Waals surface area contributed by atoms with Crippen molar-refractivity contribution in [1.82, 2.24) is 25.3 Å². The molecule has 78 valence electrons. The van der Waals surface area contributed by atoms with Gasteiger partial charge in [-0.05, 0) is 13.8 Å². The van der Waals surface area contributed by atoms with Crippen LogP contribution in [0.1, 0.15) is 22.6 Å². The SMILES string of the molecule is Cc1[nH]ncc1-n1nc2c(c1C)CNC2. The molecule has 0 bridgehead atoms. The van der Waals surface area contributed by atoms with Crippen LogP contribution in [0.25, 0.3) is 5.69 Å². The Morgan fingerprint density at radius 3 is 2.87 bits per heavy atom. The van der Waals surface area contributed by atoms with Gasteiger partial charge in [0.15, 0.2) is 0 Å². The van der Waals surface area contributed by atoms with Gasteiger partial charge < -0.3 is 5.32 Å². The summed E-state index contributed by atoms with van der Waals surface area (Å²) < 4.78 is 1.98. The van der Waals surface area contributed by atoms with Crippen molar-refractivity contribution < 1.29 is 0 Å². The summed E-state index contributed by atoms with van der Waals surface area (Å²) in [6.07, 6.45) is 1.82. The number of aromatic nitrogens is 4. The van der Waals surface area contributed by atoms with Crippen LogP contribution in [0.15, 0.2) is 6.20 Å². The number of fused-ring (bicyclic) bond motifs is 1. The molecule has 0 saturated heterocycles. The molecule has 2 N–H and O–H groups in total. The second-order valence-corrected chi connectivity index (χ2v) is 3.91. The molecule has 0 aliphatic carbocycles. The molecule has 0 aromatic carbocycles. The van der Waals surface area contributed by atoms with Crippen molar-refractivity contribution in [3.63, 3.8) is 0 Å². The summed E-state index contributed by atoms with van der Waals surface area (Å²) >= 11 is 0. The molecular weight excluding hydrogens is 190 g/mol. The molecule has 0 spiro atoms. The largest absolute Gasteiger partial charge is 0.307 e. The lowest BCUT2D eigenvalue weighted by atomic mass is 10.2. The molecule has 0 saturated carbocycles. The Kier molecular flexibility index (Phi) is 1.70. The summed E-state index contributed by atoms with van der Waals surface area (Å²) in [5.74, 6) is 0. The number of aryl methyl sites for hydroxylation is 1. The Balaban J connectivity index is 2.18. The zero-order chi connectivity index (χ0) is 10.4. The summed E-state index contributed by atoms with van der Waals surface area (Å²) in [4.78, 5) is 0. The van der Waals surface area contributed by atoms with Crippen molar-refractivity contribution in [2.45, 2.75) is 26.9 Å². The van der Waals surface area contributed by atoms with Gasteiger partial charge in [-0.2, -0.15) is 10.2 Å². The smallest absolute Gasteiger partial charge is 0.105 e. The number of nitrogens with one attached hydrogen (secondary N) is 2. The fourth-order valence-electron chi connectivity index (χ4n) is 2.06. The van der Waals surface area contributed by atoms with E-state index in [1.165, 1.54) is 11.3 Å². The fraction of sp³-hybridized carbons (Fsp3) is 0.400. The van der Waals surface area contributed by atoms with Gasteiger partial charge in [0.1, 0.15) is 5.69 Å². The van der Waals surface area contributed by atoms with Gasteiger partial charge in [0.25, 0.3) is 0 Å². The predicted molar refractivity (Wildman–Crippen MR) is 55.7 cm³/mol. The predicted octanol–water partition coefficient (Wildman–Crippen LogP) is 0.815. The number of hydrogen-bond donors (Lipinski definition) is 2. The third-order valence-corrected chi connectivity index (χ3v) is 2.95. The van der Waals surface area contributed by atoms with Crippen molar-refractivity contribution in [3.05, 3.63) is 28.8 Å². The third kappa shape index (κ3) is 1.13. The molecule has 0 amide bonds. The lowest BCUT2D eigenvalue weighted by Crippen LogP contribution is -2.07. The lowest BCUT2D eigenvalue weighted by Gasteiger charge is -2.03. The van der Waals surface area contributed by atoms with Crippen LogP contribution in [0.5, 0.6) is 0 Å². The summed E-state index contributed by atoms with van der Waals surface area (Å²) in [5.41, 5.74) is 5.79. The van der Waals surface area contributed by atoms with E-state index < -0.39 is 0 Å². The van der Waals surface area contributed by atoms with Crippen molar-refractivity contribution in [3.8, 4) is 5.69 Å². The van der Waals surface area contributed by atoms with E-state index >= 15 is 0 Å². The first-order valence-electron chi connectivity index (χ1n) is 5.06. The number of rotatable bonds is 1. The first-order chi connectivity index (χ1) is 7.27. The van der Waals surface area contributed by atoms with Gasteiger partial charge >= 0.3 is 0 Å². The van der Waals surface area contributed by atoms with Gasteiger partial charge in [-0.1, -0.05) is 0 Å². The molecule has 15 heavy (non-hydrogen) atoms. The number of aromatic amines is 1. The molecule has 5 nitrogen and oxygen atoms in total.